The van der Waals surface area contributed by atoms with E-state index in [-0.39, 0.29) is 38.4 Å². The van der Waals surface area contributed by atoms with Gasteiger partial charge in [0.05, 0.1) is 13.2 Å². The van der Waals surface area contributed by atoms with Crippen LogP contribution in [0.1, 0.15) is 18.5 Å². The Morgan fingerprint density at radius 2 is 1.75 bits per heavy atom. The molecule has 1 aliphatic heterocycles. The fourth-order valence-corrected chi connectivity index (χ4v) is 4.31. The van der Waals surface area contributed by atoms with Crippen LogP contribution >= 0.6 is 0 Å². The van der Waals surface area contributed by atoms with Gasteiger partial charge in [0, 0.05) is 19.6 Å². The van der Waals surface area contributed by atoms with Crippen LogP contribution in [-0.2, 0) is 14.9 Å². The lowest BCUT2D eigenvalue weighted by Gasteiger charge is -2.36. The molecule has 0 saturated carbocycles. The number of alkyl halides is 3. The van der Waals surface area contributed by atoms with E-state index >= 15 is 0 Å². The van der Waals surface area contributed by atoms with Crippen molar-refractivity contribution in [1.29, 1.82) is 0 Å². The van der Waals surface area contributed by atoms with Crippen LogP contribution in [0, 0.1) is 5.82 Å². The molecule has 136 valence electrons. The van der Waals surface area contributed by atoms with E-state index in [1.54, 1.807) is 0 Å². The van der Waals surface area contributed by atoms with Crippen LogP contribution in [0.4, 0.5) is 17.6 Å². The van der Waals surface area contributed by atoms with Crippen molar-refractivity contribution in [2.75, 3.05) is 32.8 Å². The Labute approximate surface area is 138 Å². The number of ether oxygens (including phenoxy) is 1. The Bertz CT molecular complexity index is 643. The highest BCUT2D eigenvalue weighted by molar-refractivity contribution is 7.86. The summed E-state index contributed by atoms with van der Waals surface area (Å²) in [5.74, 6) is -0.696. The highest BCUT2D eigenvalue weighted by Gasteiger charge is 2.49. The lowest BCUT2D eigenvalue weighted by atomic mass is 10.1. The van der Waals surface area contributed by atoms with Crippen LogP contribution in [0.3, 0.4) is 0 Å². The van der Waals surface area contributed by atoms with Gasteiger partial charge in [-0.25, -0.2) is 4.39 Å². The third-order valence-corrected chi connectivity index (χ3v) is 5.77. The average Bonchev–Trinajstić information content (AvgIpc) is 2.53. The van der Waals surface area contributed by atoms with Crippen molar-refractivity contribution in [1.82, 2.24) is 8.61 Å². The summed E-state index contributed by atoms with van der Waals surface area (Å²) in [6, 6.07) is 1.28. The van der Waals surface area contributed by atoms with E-state index in [4.69, 9.17) is 4.74 Å². The summed E-state index contributed by atoms with van der Waals surface area (Å²) in [7, 11) is -4.34. The molecule has 10 heteroatoms. The molecule has 1 aromatic rings. The zero-order chi connectivity index (χ0) is 18.0. The molecule has 5 nitrogen and oxygen atoms in total. The zero-order valence-electron chi connectivity index (χ0n) is 13.0. The van der Waals surface area contributed by atoms with Gasteiger partial charge in [0.2, 0.25) is 0 Å². The summed E-state index contributed by atoms with van der Waals surface area (Å²) in [4.78, 5) is 0. The van der Waals surface area contributed by atoms with Gasteiger partial charge in [0.25, 0.3) is 10.2 Å². The Morgan fingerprint density at radius 1 is 1.21 bits per heavy atom. The van der Waals surface area contributed by atoms with Gasteiger partial charge in [-0.15, -0.1) is 0 Å². The Kier molecular flexibility index (Phi) is 5.84. The summed E-state index contributed by atoms with van der Waals surface area (Å²) >= 11 is 0. The van der Waals surface area contributed by atoms with E-state index in [1.165, 1.54) is 6.92 Å². The minimum atomic E-state index is -4.84. The predicted octanol–water partition coefficient (Wildman–Crippen LogP) is 2.33. The minimum Gasteiger partial charge on any atom is -0.379 e. The quantitative estimate of drug-likeness (QED) is 0.748. The molecular weight excluding hydrogens is 352 g/mol. The molecule has 1 saturated heterocycles. The monoisotopic (exact) mass is 370 g/mol. The number of nitrogens with zero attached hydrogens (tertiary/aromatic N) is 2. The molecule has 0 radical (unpaired) electrons. The largest absolute Gasteiger partial charge is 0.409 e. The fraction of sp³-hybridized carbons (Fsp3) is 0.571. The van der Waals surface area contributed by atoms with E-state index in [2.05, 4.69) is 0 Å². The third kappa shape index (κ3) is 4.05. The van der Waals surface area contributed by atoms with Crippen molar-refractivity contribution in [2.45, 2.75) is 19.1 Å². The first-order valence-electron chi connectivity index (χ1n) is 7.34. The van der Waals surface area contributed by atoms with Crippen molar-refractivity contribution in [3.05, 3.63) is 35.6 Å². The van der Waals surface area contributed by atoms with Gasteiger partial charge in [0.1, 0.15) is 11.9 Å². The van der Waals surface area contributed by atoms with E-state index in [0.29, 0.717) is 4.31 Å². The van der Waals surface area contributed by atoms with Crippen molar-refractivity contribution in [3.63, 3.8) is 0 Å². The Balaban J connectivity index is 2.43. The number of halogens is 4. The lowest BCUT2D eigenvalue weighted by Crippen LogP contribution is -2.52. The second-order valence-electron chi connectivity index (χ2n) is 5.22. The van der Waals surface area contributed by atoms with Crippen molar-refractivity contribution in [2.24, 2.45) is 0 Å². The molecule has 0 aromatic heterocycles. The van der Waals surface area contributed by atoms with Gasteiger partial charge in [-0.1, -0.05) is 19.1 Å². The summed E-state index contributed by atoms with van der Waals surface area (Å²) in [6.07, 6.45) is -4.84. The van der Waals surface area contributed by atoms with Gasteiger partial charge < -0.3 is 4.74 Å². The fourth-order valence-electron chi connectivity index (χ4n) is 2.57. The summed E-state index contributed by atoms with van der Waals surface area (Å²) in [5, 5.41) is 0. The summed E-state index contributed by atoms with van der Waals surface area (Å²) in [5.41, 5.74) is -0.331. The highest BCUT2D eigenvalue weighted by atomic mass is 32.2. The number of morpholine rings is 1. The summed E-state index contributed by atoms with van der Waals surface area (Å²) in [6.45, 7) is 1.20. The smallest absolute Gasteiger partial charge is 0.379 e. The standard InChI is InChI=1S/C14H18F4N2O3S/c1-2-20(24(21,22)19-7-9-23-10-8-19)13(14(16,17)18)11-3-5-12(15)6-4-11/h3-6,13H,2,7-10H2,1H3/t13-/m1/s1. The molecule has 2 rings (SSSR count). The Morgan fingerprint density at radius 3 is 2.21 bits per heavy atom. The molecule has 0 N–H and O–H groups in total. The average molecular weight is 370 g/mol. The maximum atomic E-state index is 13.6. The van der Waals surface area contributed by atoms with Crippen LogP contribution < -0.4 is 0 Å². The highest BCUT2D eigenvalue weighted by Crippen LogP contribution is 2.39. The molecule has 1 heterocycles. The third-order valence-electron chi connectivity index (χ3n) is 3.69. The van der Waals surface area contributed by atoms with Gasteiger partial charge in [0.15, 0.2) is 0 Å². The maximum Gasteiger partial charge on any atom is 0.409 e. The van der Waals surface area contributed by atoms with Crippen LogP contribution in [0.5, 0.6) is 0 Å². The summed E-state index contributed by atoms with van der Waals surface area (Å²) < 4.78 is 85.6. The molecular formula is C14H18F4N2O3S. The Hall–Kier alpha value is -1.23. The predicted molar refractivity (Wildman–Crippen MR) is 78.9 cm³/mol. The van der Waals surface area contributed by atoms with Crippen LogP contribution in [0.25, 0.3) is 0 Å². The molecule has 1 aromatic carbocycles. The second kappa shape index (κ2) is 7.34. The normalized spacial score (nSPS) is 18.8. The number of rotatable bonds is 5. The second-order valence-corrected chi connectivity index (χ2v) is 7.10. The number of hydrogen-bond acceptors (Lipinski definition) is 3. The topological polar surface area (TPSA) is 49.9 Å². The van der Waals surface area contributed by atoms with E-state index in [0.717, 1.165) is 28.6 Å². The molecule has 1 atom stereocenters. The molecule has 1 fully saturated rings. The molecule has 0 aliphatic carbocycles. The molecule has 0 unspecified atom stereocenters. The number of hydrogen-bond donors (Lipinski definition) is 0. The molecule has 0 spiro atoms. The van der Waals surface area contributed by atoms with Gasteiger partial charge >= 0.3 is 6.18 Å². The lowest BCUT2D eigenvalue weighted by molar-refractivity contribution is -0.174. The minimum absolute atomic E-state index is 0.00711. The van der Waals surface area contributed by atoms with Crippen molar-refractivity contribution in [3.8, 4) is 0 Å². The van der Waals surface area contributed by atoms with Gasteiger partial charge in [-0.2, -0.15) is 30.2 Å². The van der Waals surface area contributed by atoms with Crippen molar-refractivity contribution >= 4 is 10.2 Å². The van der Waals surface area contributed by atoms with Crippen LogP contribution in [0.15, 0.2) is 24.3 Å². The van der Waals surface area contributed by atoms with Crippen molar-refractivity contribution < 1.29 is 30.7 Å². The van der Waals surface area contributed by atoms with E-state index < -0.39 is 28.2 Å². The molecule has 24 heavy (non-hydrogen) atoms. The van der Waals surface area contributed by atoms with Gasteiger partial charge in [-0.05, 0) is 17.7 Å². The van der Waals surface area contributed by atoms with Gasteiger partial charge in [-0.3, -0.25) is 0 Å². The molecule has 1 aliphatic rings. The van der Waals surface area contributed by atoms with E-state index in [1.807, 2.05) is 0 Å². The zero-order valence-corrected chi connectivity index (χ0v) is 13.8. The maximum absolute atomic E-state index is 13.6. The first kappa shape index (κ1) is 19.1. The first-order valence-corrected chi connectivity index (χ1v) is 8.74. The van der Waals surface area contributed by atoms with E-state index in [9.17, 15) is 26.0 Å². The van der Waals surface area contributed by atoms with Crippen LogP contribution in [-0.4, -0.2) is 56.1 Å². The number of benzene rings is 1. The SMILES string of the molecule is CCN([C@H](c1ccc(F)cc1)C(F)(F)F)S(=O)(=O)N1CCOCC1. The van der Waals surface area contributed by atoms with Crippen LogP contribution in [0.2, 0.25) is 0 Å². The molecule has 0 amide bonds. The first-order chi connectivity index (χ1) is 11.2. The molecule has 0 bridgehead atoms.